The molecule has 0 spiro atoms. The molecule has 2 rings (SSSR count). The van der Waals surface area contributed by atoms with Gasteiger partial charge in [-0.1, -0.05) is 47.0 Å². The van der Waals surface area contributed by atoms with Gasteiger partial charge in [-0.15, -0.1) is 0 Å². The first kappa shape index (κ1) is 16.5. The van der Waals surface area contributed by atoms with Crippen LogP contribution in [-0.2, 0) is 19.4 Å². The maximum Gasteiger partial charge on any atom is 0.0669 e. The largest absolute Gasteiger partial charge is 0.312 e. The van der Waals surface area contributed by atoms with Gasteiger partial charge in [0.2, 0.25) is 0 Å². The van der Waals surface area contributed by atoms with E-state index in [2.05, 4.69) is 37.7 Å². The molecule has 0 amide bonds. The van der Waals surface area contributed by atoms with Gasteiger partial charge in [0.25, 0.3) is 0 Å². The van der Waals surface area contributed by atoms with Crippen molar-refractivity contribution in [2.75, 3.05) is 6.54 Å². The van der Waals surface area contributed by atoms with E-state index in [9.17, 15) is 0 Å². The Balaban J connectivity index is 2.19. The maximum absolute atomic E-state index is 5.00. The van der Waals surface area contributed by atoms with Crippen molar-refractivity contribution in [1.82, 2.24) is 15.1 Å². The molecule has 21 heavy (non-hydrogen) atoms. The first-order valence-corrected chi connectivity index (χ1v) is 8.97. The zero-order valence-corrected chi connectivity index (χ0v) is 14.4. The van der Waals surface area contributed by atoms with Crippen LogP contribution in [0.25, 0.3) is 0 Å². The van der Waals surface area contributed by atoms with Crippen molar-refractivity contribution < 1.29 is 0 Å². The Kier molecular flexibility index (Phi) is 6.28. The third-order valence-corrected chi connectivity index (χ3v) is 4.65. The molecule has 1 aliphatic carbocycles. The molecule has 1 aromatic rings. The second-order valence-corrected chi connectivity index (χ2v) is 6.84. The first-order chi connectivity index (χ1) is 10.2. The topological polar surface area (TPSA) is 29.9 Å². The van der Waals surface area contributed by atoms with Crippen LogP contribution < -0.4 is 5.32 Å². The quantitative estimate of drug-likeness (QED) is 0.813. The van der Waals surface area contributed by atoms with Crippen LogP contribution in [0, 0.1) is 5.92 Å². The van der Waals surface area contributed by atoms with Crippen molar-refractivity contribution in [1.29, 1.82) is 0 Å². The number of aryl methyl sites for hydroxylation is 1. The zero-order chi connectivity index (χ0) is 15.2. The molecule has 1 saturated carbocycles. The Labute approximate surface area is 130 Å². The van der Waals surface area contributed by atoms with Crippen LogP contribution >= 0.6 is 0 Å². The SMILES string of the molecule is CCc1nn(C2CCCCC2)c(CC)c1CNCC(C)C. The number of aromatic nitrogens is 2. The van der Waals surface area contributed by atoms with Crippen molar-refractivity contribution in [3.05, 3.63) is 17.0 Å². The van der Waals surface area contributed by atoms with E-state index in [1.807, 2.05) is 0 Å². The van der Waals surface area contributed by atoms with Gasteiger partial charge in [0.1, 0.15) is 0 Å². The van der Waals surface area contributed by atoms with Gasteiger partial charge >= 0.3 is 0 Å². The van der Waals surface area contributed by atoms with Crippen LogP contribution in [0.15, 0.2) is 0 Å². The molecule has 0 radical (unpaired) electrons. The van der Waals surface area contributed by atoms with Gasteiger partial charge in [-0.2, -0.15) is 5.10 Å². The lowest BCUT2D eigenvalue weighted by Gasteiger charge is -2.24. The van der Waals surface area contributed by atoms with E-state index in [0.717, 1.165) is 25.9 Å². The minimum absolute atomic E-state index is 0.651. The van der Waals surface area contributed by atoms with Crippen LogP contribution in [0.5, 0.6) is 0 Å². The van der Waals surface area contributed by atoms with Crippen LogP contribution in [0.1, 0.15) is 82.8 Å². The van der Waals surface area contributed by atoms with Gasteiger partial charge in [0.05, 0.1) is 11.7 Å². The number of nitrogens with one attached hydrogen (secondary N) is 1. The molecular formula is C18H33N3. The number of rotatable bonds is 7. The summed E-state index contributed by atoms with van der Waals surface area (Å²) in [5, 5.41) is 8.61. The summed E-state index contributed by atoms with van der Waals surface area (Å²) in [6, 6.07) is 0.651. The Bertz CT molecular complexity index is 428. The Morgan fingerprint density at radius 1 is 1.14 bits per heavy atom. The lowest BCUT2D eigenvalue weighted by Crippen LogP contribution is -2.21. The van der Waals surface area contributed by atoms with Crippen molar-refractivity contribution >= 4 is 0 Å². The average Bonchev–Trinajstić information content (AvgIpc) is 2.85. The molecule has 120 valence electrons. The molecule has 3 nitrogen and oxygen atoms in total. The molecule has 0 atom stereocenters. The van der Waals surface area contributed by atoms with Gasteiger partial charge in [-0.05, 0) is 38.1 Å². The summed E-state index contributed by atoms with van der Waals surface area (Å²) >= 11 is 0. The highest BCUT2D eigenvalue weighted by molar-refractivity contribution is 5.27. The molecule has 0 unspecified atom stereocenters. The van der Waals surface area contributed by atoms with Gasteiger partial charge in [-0.3, -0.25) is 4.68 Å². The molecule has 0 aromatic carbocycles. The summed E-state index contributed by atoms with van der Waals surface area (Å²) in [4.78, 5) is 0. The van der Waals surface area contributed by atoms with E-state index < -0.39 is 0 Å². The second-order valence-electron chi connectivity index (χ2n) is 6.84. The first-order valence-electron chi connectivity index (χ1n) is 8.97. The van der Waals surface area contributed by atoms with Crippen molar-refractivity contribution in [2.24, 2.45) is 5.92 Å². The highest BCUT2D eigenvalue weighted by Gasteiger charge is 2.22. The molecular weight excluding hydrogens is 258 g/mol. The third kappa shape index (κ3) is 4.09. The summed E-state index contributed by atoms with van der Waals surface area (Å²) in [5.41, 5.74) is 4.27. The molecule has 1 N–H and O–H groups in total. The third-order valence-electron chi connectivity index (χ3n) is 4.65. The van der Waals surface area contributed by atoms with E-state index in [0.29, 0.717) is 12.0 Å². The van der Waals surface area contributed by atoms with E-state index >= 15 is 0 Å². The van der Waals surface area contributed by atoms with E-state index in [4.69, 9.17) is 5.10 Å². The molecule has 3 heteroatoms. The molecule has 0 aliphatic heterocycles. The fourth-order valence-corrected chi connectivity index (χ4v) is 3.53. The van der Waals surface area contributed by atoms with Crippen molar-refractivity contribution in [3.63, 3.8) is 0 Å². The number of hydrogen-bond acceptors (Lipinski definition) is 2. The highest BCUT2D eigenvalue weighted by Crippen LogP contribution is 2.31. The molecule has 1 aliphatic rings. The fraction of sp³-hybridized carbons (Fsp3) is 0.833. The molecule has 1 heterocycles. The predicted molar refractivity (Wildman–Crippen MR) is 89.6 cm³/mol. The van der Waals surface area contributed by atoms with Crippen LogP contribution in [-0.4, -0.2) is 16.3 Å². The molecule has 0 bridgehead atoms. The molecule has 1 aromatic heterocycles. The maximum atomic E-state index is 5.00. The van der Waals surface area contributed by atoms with Crippen LogP contribution in [0.2, 0.25) is 0 Å². The summed E-state index contributed by atoms with van der Waals surface area (Å²) in [6.07, 6.45) is 8.93. The Morgan fingerprint density at radius 2 is 1.86 bits per heavy atom. The summed E-state index contributed by atoms with van der Waals surface area (Å²) in [5.74, 6) is 0.702. The minimum atomic E-state index is 0.651. The zero-order valence-electron chi connectivity index (χ0n) is 14.4. The minimum Gasteiger partial charge on any atom is -0.312 e. The average molecular weight is 291 g/mol. The van der Waals surface area contributed by atoms with Gasteiger partial charge < -0.3 is 5.32 Å². The monoisotopic (exact) mass is 291 g/mol. The fourth-order valence-electron chi connectivity index (χ4n) is 3.53. The van der Waals surface area contributed by atoms with E-state index in [-0.39, 0.29) is 0 Å². The lowest BCUT2D eigenvalue weighted by atomic mass is 9.95. The standard InChI is InChI=1S/C18H33N3/c1-5-17-16(13-19-12-14(3)4)18(6-2)21(20-17)15-10-8-7-9-11-15/h14-15,19H,5-13H2,1-4H3. The Hall–Kier alpha value is -0.830. The van der Waals surface area contributed by atoms with E-state index in [1.54, 1.807) is 0 Å². The summed E-state index contributed by atoms with van der Waals surface area (Å²) in [6.45, 7) is 11.1. The normalized spacial score (nSPS) is 16.8. The van der Waals surface area contributed by atoms with Gasteiger partial charge in [0, 0.05) is 17.8 Å². The predicted octanol–water partition coefficient (Wildman–Crippen LogP) is 4.26. The Morgan fingerprint density at radius 3 is 2.43 bits per heavy atom. The summed E-state index contributed by atoms with van der Waals surface area (Å²) < 4.78 is 2.39. The molecule has 1 fully saturated rings. The van der Waals surface area contributed by atoms with Crippen LogP contribution in [0.4, 0.5) is 0 Å². The van der Waals surface area contributed by atoms with Crippen molar-refractivity contribution in [2.45, 2.75) is 85.2 Å². The summed E-state index contributed by atoms with van der Waals surface area (Å²) in [7, 11) is 0. The highest BCUT2D eigenvalue weighted by atomic mass is 15.3. The number of hydrogen-bond donors (Lipinski definition) is 1. The van der Waals surface area contributed by atoms with Gasteiger partial charge in [0.15, 0.2) is 0 Å². The van der Waals surface area contributed by atoms with Gasteiger partial charge in [-0.25, -0.2) is 0 Å². The lowest BCUT2D eigenvalue weighted by molar-refractivity contribution is 0.321. The van der Waals surface area contributed by atoms with Crippen molar-refractivity contribution in [3.8, 4) is 0 Å². The van der Waals surface area contributed by atoms with Crippen LogP contribution in [0.3, 0.4) is 0 Å². The number of nitrogens with zero attached hydrogens (tertiary/aromatic N) is 2. The van der Waals surface area contributed by atoms with E-state index in [1.165, 1.54) is 49.1 Å². The second kappa shape index (κ2) is 7.98. The molecule has 0 saturated heterocycles. The smallest absolute Gasteiger partial charge is 0.0669 e.